The molecule has 3 rings (SSSR count). The highest BCUT2D eigenvalue weighted by atomic mass is 35.5. The van der Waals surface area contributed by atoms with Gasteiger partial charge in [0.25, 0.3) is 0 Å². The highest BCUT2D eigenvalue weighted by molar-refractivity contribution is 6.30. The van der Waals surface area contributed by atoms with E-state index in [0.717, 1.165) is 25.9 Å². The first-order chi connectivity index (χ1) is 11.5. The molecule has 0 aromatic heterocycles. The Kier molecular flexibility index (Phi) is 5.54. The first-order valence-corrected chi connectivity index (χ1v) is 8.84. The summed E-state index contributed by atoms with van der Waals surface area (Å²) in [4.78, 5) is 2.27. The smallest absolute Gasteiger partial charge is 0.126 e. The summed E-state index contributed by atoms with van der Waals surface area (Å²) in [6.45, 7) is 2.40. The lowest BCUT2D eigenvalue weighted by molar-refractivity contribution is 0.0487. The third-order valence-corrected chi connectivity index (χ3v) is 4.96. The van der Waals surface area contributed by atoms with Crippen LogP contribution in [0.15, 0.2) is 48.5 Å². The minimum atomic E-state index is -0.863. The molecule has 1 N–H and O–H groups in total. The fourth-order valence-corrected chi connectivity index (χ4v) is 3.66. The first kappa shape index (κ1) is 17.4. The Morgan fingerprint density at radius 3 is 2.75 bits per heavy atom. The van der Waals surface area contributed by atoms with Gasteiger partial charge in [0, 0.05) is 24.5 Å². The second-order valence-corrected chi connectivity index (χ2v) is 7.19. The maximum absolute atomic E-state index is 13.9. The molecule has 1 atom stereocenters. The molecule has 0 aliphatic carbocycles. The number of nitrogens with zero attached hydrogens (tertiary/aromatic N) is 1. The van der Waals surface area contributed by atoms with Crippen LogP contribution in [-0.4, -0.2) is 35.2 Å². The quantitative estimate of drug-likeness (QED) is 0.850. The number of β-amino-alcohol motifs (C(OH)–C–C–N with tert-alkyl or cyclic N) is 1. The monoisotopic (exact) mass is 347 g/mol. The molecule has 1 aliphatic heterocycles. The van der Waals surface area contributed by atoms with E-state index in [1.165, 1.54) is 17.7 Å². The molecule has 24 heavy (non-hydrogen) atoms. The van der Waals surface area contributed by atoms with Gasteiger partial charge in [-0.05, 0) is 55.1 Å². The van der Waals surface area contributed by atoms with E-state index in [2.05, 4.69) is 29.2 Å². The number of hydrogen-bond acceptors (Lipinski definition) is 2. The highest BCUT2D eigenvalue weighted by Crippen LogP contribution is 2.28. The normalized spacial score (nSPS) is 21.3. The van der Waals surface area contributed by atoms with E-state index in [1.54, 1.807) is 6.07 Å². The van der Waals surface area contributed by atoms with Crippen molar-refractivity contribution in [2.75, 3.05) is 19.6 Å². The van der Waals surface area contributed by atoms with E-state index in [1.807, 2.05) is 6.07 Å². The van der Waals surface area contributed by atoms with Gasteiger partial charge < -0.3 is 10.0 Å². The zero-order chi connectivity index (χ0) is 17.0. The summed E-state index contributed by atoms with van der Waals surface area (Å²) >= 11 is 5.94. The summed E-state index contributed by atoms with van der Waals surface area (Å²) in [6, 6.07) is 15.0. The Labute approximate surface area is 147 Å². The molecule has 0 saturated carbocycles. The molecule has 4 heteroatoms. The molecule has 128 valence electrons. The Morgan fingerprint density at radius 2 is 1.96 bits per heavy atom. The number of aliphatic hydroxyl groups is 1. The molecule has 0 radical (unpaired) electrons. The molecule has 2 nitrogen and oxygen atoms in total. The van der Waals surface area contributed by atoms with Crippen LogP contribution in [0, 0.1) is 5.82 Å². The van der Waals surface area contributed by atoms with Crippen molar-refractivity contribution in [1.29, 1.82) is 0 Å². The van der Waals surface area contributed by atoms with Gasteiger partial charge in [-0.1, -0.05) is 41.9 Å². The van der Waals surface area contributed by atoms with Gasteiger partial charge in [-0.25, -0.2) is 4.39 Å². The lowest BCUT2D eigenvalue weighted by Crippen LogP contribution is -2.36. The van der Waals surface area contributed by atoms with E-state index in [4.69, 9.17) is 11.6 Å². The van der Waals surface area contributed by atoms with Crippen LogP contribution in [0.2, 0.25) is 5.02 Å². The molecule has 0 spiro atoms. The Morgan fingerprint density at radius 1 is 1.17 bits per heavy atom. The average molecular weight is 348 g/mol. The number of benzene rings is 2. The predicted molar refractivity (Wildman–Crippen MR) is 95.9 cm³/mol. The molecular weight excluding hydrogens is 325 g/mol. The third-order valence-electron chi connectivity index (χ3n) is 4.72. The standard InChI is InChI=1S/C20H23ClFNO/c21-18-8-9-19(22)17(13-18)14-20(24)10-12-23(15-20)11-4-7-16-5-2-1-3-6-16/h1-3,5-6,8-9,13,24H,4,7,10-12,14-15H2. The van der Waals surface area contributed by atoms with Gasteiger partial charge in [0.15, 0.2) is 0 Å². The zero-order valence-corrected chi connectivity index (χ0v) is 14.5. The molecule has 0 bridgehead atoms. The zero-order valence-electron chi connectivity index (χ0n) is 13.7. The summed E-state index contributed by atoms with van der Waals surface area (Å²) in [5.41, 5.74) is 0.974. The van der Waals surface area contributed by atoms with E-state index < -0.39 is 5.60 Å². The summed E-state index contributed by atoms with van der Waals surface area (Å²) in [5, 5.41) is 11.3. The Bertz CT molecular complexity index is 679. The highest BCUT2D eigenvalue weighted by Gasteiger charge is 2.36. The predicted octanol–water partition coefficient (Wildman–Crippen LogP) is 4.09. The van der Waals surface area contributed by atoms with E-state index >= 15 is 0 Å². The second-order valence-electron chi connectivity index (χ2n) is 6.75. The maximum atomic E-state index is 13.9. The molecule has 1 aliphatic rings. The SMILES string of the molecule is OC1(Cc2cc(Cl)ccc2F)CCN(CCCc2ccccc2)C1. The van der Waals surface area contributed by atoms with Crippen molar-refractivity contribution in [3.63, 3.8) is 0 Å². The van der Waals surface area contributed by atoms with Crippen molar-refractivity contribution in [1.82, 2.24) is 4.90 Å². The van der Waals surface area contributed by atoms with Gasteiger partial charge >= 0.3 is 0 Å². The molecule has 1 fully saturated rings. The number of likely N-dealkylation sites (tertiary alicyclic amines) is 1. The van der Waals surface area contributed by atoms with Gasteiger partial charge in [0.1, 0.15) is 5.82 Å². The number of halogens is 2. The van der Waals surface area contributed by atoms with Crippen LogP contribution < -0.4 is 0 Å². The number of aryl methyl sites for hydroxylation is 1. The summed E-state index contributed by atoms with van der Waals surface area (Å²) in [6.07, 6.45) is 3.09. The van der Waals surface area contributed by atoms with Crippen molar-refractivity contribution in [3.8, 4) is 0 Å². The lowest BCUT2D eigenvalue weighted by Gasteiger charge is -2.24. The molecule has 2 aromatic rings. The van der Waals surface area contributed by atoms with Crippen molar-refractivity contribution in [2.45, 2.75) is 31.3 Å². The summed E-state index contributed by atoms with van der Waals surface area (Å²) in [5.74, 6) is -0.296. The molecule has 2 aromatic carbocycles. The maximum Gasteiger partial charge on any atom is 0.126 e. The van der Waals surface area contributed by atoms with Crippen molar-refractivity contribution in [2.24, 2.45) is 0 Å². The van der Waals surface area contributed by atoms with Crippen LogP contribution in [0.5, 0.6) is 0 Å². The van der Waals surface area contributed by atoms with Gasteiger partial charge in [-0.3, -0.25) is 0 Å². The molecule has 1 saturated heterocycles. The largest absolute Gasteiger partial charge is 0.388 e. The fourth-order valence-electron chi connectivity index (χ4n) is 3.46. The average Bonchev–Trinajstić information content (AvgIpc) is 2.93. The van der Waals surface area contributed by atoms with Gasteiger partial charge in [-0.15, -0.1) is 0 Å². The number of rotatable bonds is 6. The fraction of sp³-hybridized carbons (Fsp3) is 0.400. The van der Waals surface area contributed by atoms with Crippen LogP contribution in [0.25, 0.3) is 0 Å². The Balaban J connectivity index is 1.51. The molecule has 1 unspecified atom stereocenters. The van der Waals surface area contributed by atoms with Crippen molar-refractivity contribution in [3.05, 3.63) is 70.5 Å². The van der Waals surface area contributed by atoms with Crippen LogP contribution in [0.4, 0.5) is 4.39 Å². The van der Waals surface area contributed by atoms with Gasteiger partial charge in [0.2, 0.25) is 0 Å². The van der Waals surface area contributed by atoms with Crippen molar-refractivity contribution < 1.29 is 9.50 Å². The van der Waals surface area contributed by atoms with Gasteiger partial charge in [0.05, 0.1) is 5.60 Å². The Hall–Kier alpha value is -1.42. The molecular formula is C20H23ClFNO. The second kappa shape index (κ2) is 7.64. The van der Waals surface area contributed by atoms with Crippen LogP contribution in [-0.2, 0) is 12.8 Å². The van der Waals surface area contributed by atoms with Crippen molar-refractivity contribution >= 4 is 11.6 Å². The first-order valence-electron chi connectivity index (χ1n) is 8.47. The molecule has 1 heterocycles. The van der Waals surface area contributed by atoms with Crippen LogP contribution >= 0.6 is 11.6 Å². The lowest BCUT2D eigenvalue weighted by atomic mass is 9.93. The van der Waals surface area contributed by atoms with E-state index in [0.29, 0.717) is 30.0 Å². The van der Waals surface area contributed by atoms with E-state index in [-0.39, 0.29) is 5.82 Å². The molecule has 0 amide bonds. The van der Waals surface area contributed by atoms with Crippen LogP contribution in [0.3, 0.4) is 0 Å². The minimum Gasteiger partial charge on any atom is -0.388 e. The topological polar surface area (TPSA) is 23.5 Å². The number of hydrogen-bond donors (Lipinski definition) is 1. The van der Waals surface area contributed by atoms with Gasteiger partial charge in [-0.2, -0.15) is 0 Å². The van der Waals surface area contributed by atoms with Crippen LogP contribution in [0.1, 0.15) is 24.0 Å². The summed E-state index contributed by atoms with van der Waals surface area (Å²) < 4.78 is 13.9. The third kappa shape index (κ3) is 4.56. The summed E-state index contributed by atoms with van der Waals surface area (Å²) in [7, 11) is 0. The van der Waals surface area contributed by atoms with E-state index in [9.17, 15) is 9.50 Å². The minimum absolute atomic E-state index is 0.296.